The van der Waals surface area contributed by atoms with Crippen molar-refractivity contribution in [2.75, 3.05) is 0 Å². The molecule has 0 saturated carbocycles. The fraction of sp³-hybridized carbons (Fsp3) is 0.417. The Morgan fingerprint density at radius 3 is 2.50 bits per heavy atom. The van der Waals surface area contributed by atoms with Gasteiger partial charge in [-0.25, -0.2) is 0 Å². The summed E-state index contributed by atoms with van der Waals surface area (Å²) in [4.78, 5) is 11.5. The molecule has 0 amide bonds. The first kappa shape index (κ1) is 12.7. The summed E-state index contributed by atoms with van der Waals surface area (Å²) in [6.45, 7) is 2.12. The summed E-state index contributed by atoms with van der Waals surface area (Å²) in [7, 11) is 0. The van der Waals surface area contributed by atoms with Crippen LogP contribution in [0.15, 0.2) is 30.3 Å². The lowest BCUT2D eigenvalue weighted by molar-refractivity contribution is -0.147. The van der Waals surface area contributed by atoms with E-state index in [0.717, 1.165) is 5.56 Å². The van der Waals surface area contributed by atoms with Gasteiger partial charge in [0.2, 0.25) is 0 Å². The third-order valence-electron chi connectivity index (χ3n) is 2.43. The molecule has 1 aromatic carbocycles. The van der Waals surface area contributed by atoms with Gasteiger partial charge in [0.1, 0.15) is 12.6 Å². The predicted octanol–water partition coefficient (Wildman–Crippen LogP) is 0.794. The van der Waals surface area contributed by atoms with Crippen LogP contribution < -0.4 is 11.5 Å². The van der Waals surface area contributed by atoms with Gasteiger partial charge >= 0.3 is 5.97 Å². The highest BCUT2D eigenvalue weighted by atomic mass is 16.5. The minimum Gasteiger partial charge on any atom is -0.460 e. The van der Waals surface area contributed by atoms with Gasteiger partial charge < -0.3 is 16.2 Å². The van der Waals surface area contributed by atoms with Gasteiger partial charge in [-0.3, -0.25) is 4.79 Å². The van der Waals surface area contributed by atoms with Crippen LogP contribution in [0.3, 0.4) is 0 Å². The molecule has 1 aromatic rings. The number of hydrogen-bond donors (Lipinski definition) is 2. The highest BCUT2D eigenvalue weighted by Crippen LogP contribution is 2.03. The Hall–Kier alpha value is -1.39. The maximum absolute atomic E-state index is 11.5. The van der Waals surface area contributed by atoms with Crippen LogP contribution in [-0.2, 0) is 16.1 Å². The van der Waals surface area contributed by atoms with Gasteiger partial charge in [0.05, 0.1) is 0 Å². The topological polar surface area (TPSA) is 78.3 Å². The molecule has 1 rings (SSSR count). The molecule has 0 saturated heterocycles. The van der Waals surface area contributed by atoms with Crippen LogP contribution in [0, 0.1) is 0 Å². The minimum atomic E-state index is -0.742. The highest BCUT2D eigenvalue weighted by molar-refractivity contribution is 5.76. The fourth-order valence-electron chi connectivity index (χ4n) is 1.25. The summed E-state index contributed by atoms with van der Waals surface area (Å²) in [5.74, 6) is -0.446. The molecule has 0 spiro atoms. The van der Waals surface area contributed by atoms with Crippen molar-refractivity contribution in [3.8, 4) is 0 Å². The van der Waals surface area contributed by atoms with E-state index in [1.54, 1.807) is 0 Å². The van der Waals surface area contributed by atoms with Gasteiger partial charge in [-0.1, -0.05) is 37.3 Å². The summed E-state index contributed by atoms with van der Waals surface area (Å²) in [6, 6.07) is 8.38. The van der Waals surface area contributed by atoms with Crippen molar-refractivity contribution in [2.24, 2.45) is 11.5 Å². The molecule has 0 aliphatic rings. The second kappa shape index (κ2) is 6.25. The quantitative estimate of drug-likeness (QED) is 0.722. The van der Waals surface area contributed by atoms with E-state index in [4.69, 9.17) is 16.2 Å². The van der Waals surface area contributed by atoms with Gasteiger partial charge in [-0.05, 0) is 12.0 Å². The minimum absolute atomic E-state index is 0.240. The molecular formula is C12H18N2O2. The largest absolute Gasteiger partial charge is 0.460 e. The third-order valence-corrected chi connectivity index (χ3v) is 2.43. The van der Waals surface area contributed by atoms with Crippen molar-refractivity contribution in [1.82, 2.24) is 0 Å². The Bertz CT molecular complexity index is 327. The summed E-state index contributed by atoms with van der Waals surface area (Å²) in [6.07, 6.45) is 0.654. The molecule has 0 bridgehead atoms. The molecule has 2 atom stereocenters. The number of hydrogen-bond acceptors (Lipinski definition) is 4. The molecule has 0 radical (unpaired) electrons. The third kappa shape index (κ3) is 3.64. The molecule has 0 aliphatic heterocycles. The molecule has 0 aromatic heterocycles. The second-order valence-corrected chi connectivity index (χ2v) is 3.69. The molecule has 4 heteroatoms. The van der Waals surface area contributed by atoms with E-state index in [-0.39, 0.29) is 12.6 Å². The zero-order valence-electron chi connectivity index (χ0n) is 9.43. The van der Waals surface area contributed by atoms with Crippen LogP contribution in [0.25, 0.3) is 0 Å². The lowest BCUT2D eigenvalue weighted by Gasteiger charge is -2.16. The predicted molar refractivity (Wildman–Crippen MR) is 62.5 cm³/mol. The maximum atomic E-state index is 11.5. The van der Waals surface area contributed by atoms with Crippen molar-refractivity contribution in [3.63, 3.8) is 0 Å². The average molecular weight is 222 g/mol. The number of esters is 1. The van der Waals surface area contributed by atoms with E-state index >= 15 is 0 Å². The van der Waals surface area contributed by atoms with Crippen molar-refractivity contribution in [3.05, 3.63) is 35.9 Å². The van der Waals surface area contributed by atoms with E-state index < -0.39 is 12.0 Å². The van der Waals surface area contributed by atoms with Crippen LogP contribution >= 0.6 is 0 Å². The molecular weight excluding hydrogens is 204 g/mol. The number of carbonyl (C=O) groups is 1. The van der Waals surface area contributed by atoms with E-state index in [9.17, 15) is 4.79 Å². The molecule has 0 unspecified atom stereocenters. The molecule has 88 valence electrons. The van der Waals surface area contributed by atoms with E-state index in [1.165, 1.54) is 0 Å². The Balaban J connectivity index is 2.41. The van der Waals surface area contributed by atoms with E-state index in [2.05, 4.69) is 0 Å². The van der Waals surface area contributed by atoms with Gasteiger partial charge in [0.25, 0.3) is 0 Å². The Morgan fingerprint density at radius 2 is 1.94 bits per heavy atom. The smallest absolute Gasteiger partial charge is 0.324 e. The summed E-state index contributed by atoms with van der Waals surface area (Å²) < 4.78 is 5.07. The van der Waals surface area contributed by atoms with Crippen LogP contribution in [0.5, 0.6) is 0 Å². The van der Waals surface area contributed by atoms with Crippen LogP contribution in [-0.4, -0.2) is 18.1 Å². The SMILES string of the molecule is CC[C@H](N)[C@@H](N)C(=O)OCc1ccccc1. The Labute approximate surface area is 95.6 Å². The number of benzene rings is 1. The number of ether oxygens (including phenoxy) is 1. The molecule has 0 heterocycles. The standard InChI is InChI=1S/C12H18N2O2/c1-2-10(13)11(14)12(15)16-8-9-6-4-3-5-7-9/h3-7,10-11H,2,8,13-14H2,1H3/t10-,11+/m0/s1. The van der Waals surface area contributed by atoms with E-state index in [1.807, 2.05) is 37.3 Å². The first-order valence-corrected chi connectivity index (χ1v) is 5.37. The summed E-state index contributed by atoms with van der Waals surface area (Å²) in [5.41, 5.74) is 12.2. The molecule has 16 heavy (non-hydrogen) atoms. The van der Waals surface area contributed by atoms with Crippen LogP contribution in [0.4, 0.5) is 0 Å². The Kier molecular flexibility index (Phi) is 4.95. The highest BCUT2D eigenvalue weighted by Gasteiger charge is 2.21. The second-order valence-electron chi connectivity index (χ2n) is 3.69. The fourth-order valence-corrected chi connectivity index (χ4v) is 1.25. The molecule has 0 fully saturated rings. The number of nitrogens with two attached hydrogens (primary N) is 2. The van der Waals surface area contributed by atoms with Crippen molar-refractivity contribution in [1.29, 1.82) is 0 Å². The molecule has 4 nitrogen and oxygen atoms in total. The van der Waals surface area contributed by atoms with Crippen LogP contribution in [0.2, 0.25) is 0 Å². The first-order valence-electron chi connectivity index (χ1n) is 5.37. The number of rotatable bonds is 5. The lowest BCUT2D eigenvalue weighted by Crippen LogP contribution is -2.47. The lowest BCUT2D eigenvalue weighted by atomic mass is 10.1. The zero-order chi connectivity index (χ0) is 12.0. The normalized spacial score (nSPS) is 14.2. The van der Waals surface area contributed by atoms with Crippen molar-refractivity contribution >= 4 is 5.97 Å². The first-order chi connectivity index (χ1) is 7.65. The molecule has 4 N–H and O–H groups in total. The van der Waals surface area contributed by atoms with Crippen LogP contribution in [0.1, 0.15) is 18.9 Å². The number of carbonyl (C=O) groups excluding carboxylic acids is 1. The monoisotopic (exact) mass is 222 g/mol. The van der Waals surface area contributed by atoms with E-state index in [0.29, 0.717) is 6.42 Å². The van der Waals surface area contributed by atoms with Gasteiger partial charge in [0.15, 0.2) is 0 Å². The Morgan fingerprint density at radius 1 is 1.31 bits per heavy atom. The summed E-state index contributed by atoms with van der Waals surface area (Å²) in [5, 5.41) is 0. The van der Waals surface area contributed by atoms with Gasteiger partial charge in [0, 0.05) is 6.04 Å². The average Bonchev–Trinajstić information content (AvgIpc) is 2.35. The zero-order valence-corrected chi connectivity index (χ0v) is 9.43. The van der Waals surface area contributed by atoms with Crippen molar-refractivity contribution < 1.29 is 9.53 Å². The molecule has 0 aliphatic carbocycles. The summed E-state index contributed by atoms with van der Waals surface area (Å²) >= 11 is 0. The van der Waals surface area contributed by atoms with Gasteiger partial charge in [-0.2, -0.15) is 0 Å². The maximum Gasteiger partial charge on any atom is 0.324 e. The van der Waals surface area contributed by atoms with Gasteiger partial charge in [-0.15, -0.1) is 0 Å². The van der Waals surface area contributed by atoms with Crippen molar-refractivity contribution in [2.45, 2.75) is 32.0 Å².